The minimum absolute atomic E-state index is 0.0671. The molecule has 3 heteroatoms. The molecule has 0 bridgehead atoms. The van der Waals surface area contributed by atoms with Crippen molar-refractivity contribution in [2.75, 3.05) is 6.61 Å². The fourth-order valence-electron chi connectivity index (χ4n) is 7.28. The Bertz CT molecular complexity index is 567. The van der Waals surface area contributed by atoms with Crippen molar-refractivity contribution in [2.24, 2.45) is 34.5 Å². The van der Waals surface area contributed by atoms with E-state index in [-0.39, 0.29) is 35.2 Å². The van der Waals surface area contributed by atoms with Crippen LogP contribution >= 0.6 is 0 Å². The summed E-state index contributed by atoms with van der Waals surface area (Å²) < 4.78 is 0. The molecule has 0 aromatic rings. The molecule has 2 N–H and O–H groups in total. The minimum atomic E-state index is -0.291. The highest BCUT2D eigenvalue weighted by Crippen LogP contribution is 2.66. The van der Waals surface area contributed by atoms with Gasteiger partial charge in [0.2, 0.25) is 0 Å². The molecule has 0 aliphatic heterocycles. The van der Waals surface area contributed by atoms with Crippen LogP contribution in [0.2, 0.25) is 0 Å². The number of aliphatic hydroxyl groups excluding tert-OH is 2. The number of ketones is 1. The molecule has 0 aromatic carbocycles. The third-order valence-corrected chi connectivity index (χ3v) is 8.62. The molecule has 3 nitrogen and oxygen atoms in total. The number of carbonyl (C=O) groups excluding carboxylic acids is 1. The van der Waals surface area contributed by atoms with Gasteiger partial charge in [-0.15, -0.1) is 0 Å². The molecule has 0 aromatic heterocycles. The van der Waals surface area contributed by atoms with Gasteiger partial charge in [-0.2, -0.15) is 0 Å². The van der Waals surface area contributed by atoms with Gasteiger partial charge in [-0.3, -0.25) is 4.79 Å². The Labute approximate surface area is 145 Å². The molecule has 4 aliphatic rings. The smallest absolute Gasteiger partial charge is 0.161 e. The summed E-state index contributed by atoms with van der Waals surface area (Å²) in [5.41, 5.74) is 1.87. The number of aliphatic hydroxyl groups is 2. The SMILES string of the molecule is C[C@]12CCC3C(CC=C4CC(O)CC[C@@]43C)C1CCC2C(=O)CO. The lowest BCUT2D eigenvalue weighted by Gasteiger charge is -2.57. The second-order valence-electron chi connectivity index (χ2n) is 9.45. The van der Waals surface area contributed by atoms with Gasteiger partial charge in [-0.05, 0) is 80.0 Å². The monoisotopic (exact) mass is 332 g/mol. The van der Waals surface area contributed by atoms with Crippen LogP contribution in [0.4, 0.5) is 0 Å². The fraction of sp³-hybridized carbons (Fsp3) is 0.857. The van der Waals surface area contributed by atoms with E-state index in [0.29, 0.717) is 17.8 Å². The molecule has 0 amide bonds. The van der Waals surface area contributed by atoms with E-state index in [1.54, 1.807) is 0 Å². The normalized spacial score (nSPS) is 50.5. The number of hydrogen-bond acceptors (Lipinski definition) is 3. The maximum Gasteiger partial charge on any atom is 0.161 e. The average Bonchev–Trinajstić information content (AvgIpc) is 2.92. The number of hydrogen-bond donors (Lipinski definition) is 2. The second kappa shape index (κ2) is 5.67. The van der Waals surface area contributed by atoms with E-state index in [1.165, 1.54) is 12.0 Å². The lowest BCUT2D eigenvalue weighted by atomic mass is 9.47. The van der Waals surface area contributed by atoms with Crippen molar-refractivity contribution in [2.45, 2.75) is 71.3 Å². The first-order valence-electron chi connectivity index (χ1n) is 9.91. The largest absolute Gasteiger partial charge is 0.393 e. The van der Waals surface area contributed by atoms with Crippen molar-refractivity contribution >= 4 is 5.78 Å². The lowest BCUT2D eigenvalue weighted by molar-refractivity contribution is -0.132. The number of Topliss-reactive ketones (excluding diaryl/α,β-unsaturated/α-hetero) is 1. The number of allylic oxidation sites excluding steroid dienone is 1. The summed E-state index contributed by atoms with van der Waals surface area (Å²) in [5.74, 6) is 2.16. The highest BCUT2D eigenvalue weighted by molar-refractivity contribution is 5.83. The molecule has 4 rings (SSSR count). The third-order valence-electron chi connectivity index (χ3n) is 8.62. The Hall–Kier alpha value is -0.670. The second-order valence-corrected chi connectivity index (χ2v) is 9.45. The molecule has 0 spiro atoms. The van der Waals surface area contributed by atoms with Crippen molar-refractivity contribution in [3.8, 4) is 0 Å². The van der Waals surface area contributed by atoms with E-state index in [9.17, 15) is 15.0 Å². The van der Waals surface area contributed by atoms with E-state index >= 15 is 0 Å². The zero-order chi connectivity index (χ0) is 17.1. The van der Waals surface area contributed by atoms with Crippen molar-refractivity contribution in [1.82, 2.24) is 0 Å². The molecule has 3 saturated carbocycles. The topological polar surface area (TPSA) is 57.5 Å². The van der Waals surface area contributed by atoms with Crippen LogP contribution in [0, 0.1) is 34.5 Å². The predicted molar refractivity (Wildman–Crippen MR) is 93.3 cm³/mol. The zero-order valence-corrected chi connectivity index (χ0v) is 15.1. The van der Waals surface area contributed by atoms with Crippen molar-refractivity contribution < 1.29 is 15.0 Å². The highest BCUT2D eigenvalue weighted by Gasteiger charge is 2.59. The van der Waals surface area contributed by atoms with E-state index in [4.69, 9.17) is 0 Å². The zero-order valence-electron chi connectivity index (χ0n) is 15.1. The summed E-state index contributed by atoms with van der Waals surface area (Å²) >= 11 is 0. The van der Waals surface area contributed by atoms with Crippen molar-refractivity contribution in [3.63, 3.8) is 0 Å². The van der Waals surface area contributed by atoms with Gasteiger partial charge >= 0.3 is 0 Å². The highest BCUT2D eigenvalue weighted by atomic mass is 16.3. The summed E-state index contributed by atoms with van der Waals surface area (Å²) in [6.07, 6.45) is 10.8. The van der Waals surface area contributed by atoms with Crippen LogP contribution < -0.4 is 0 Å². The van der Waals surface area contributed by atoms with E-state index in [0.717, 1.165) is 44.9 Å². The lowest BCUT2D eigenvalue weighted by Crippen LogP contribution is -2.51. The van der Waals surface area contributed by atoms with Crippen LogP contribution in [0.15, 0.2) is 11.6 Å². The van der Waals surface area contributed by atoms with Gasteiger partial charge in [0.15, 0.2) is 5.78 Å². The van der Waals surface area contributed by atoms with Gasteiger partial charge in [0.25, 0.3) is 0 Å². The molecule has 0 saturated heterocycles. The average molecular weight is 332 g/mol. The Kier molecular flexibility index (Phi) is 3.96. The van der Waals surface area contributed by atoms with E-state index < -0.39 is 0 Å². The number of rotatable bonds is 2. The Morgan fingerprint density at radius 1 is 1.17 bits per heavy atom. The number of fused-ring (bicyclic) bond motifs is 5. The standard InChI is InChI=1S/C21H32O3/c1-20-9-7-14(23)11-13(20)3-4-15-16-5-6-18(19(24)12-22)21(16,2)10-8-17(15)20/h3,14-18,22-23H,4-12H2,1-2H3/t14?,15?,16?,17?,18?,20-,21-/m0/s1. The van der Waals surface area contributed by atoms with Crippen LogP contribution in [-0.2, 0) is 4.79 Å². The molecule has 0 radical (unpaired) electrons. The van der Waals surface area contributed by atoms with Crippen LogP contribution in [0.5, 0.6) is 0 Å². The first-order valence-corrected chi connectivity index (χ1v) is 9.91. The van der Waals surface area contributed by atoms with Gasteiger partial charge < -0.3 is 10.2 Å². The molecule has 134 valence electrons. The van der Waals surface area contributed by atoms with Gasteiger partial charge in [0, 0.05) is 5.92 Å². The van der Waals surface area contributed by atoms with Crippen molar-refractivity contribution in [1.29, 1.82) is 0 Å². The first-order chi connectivity index (χ1) is 11.4. The molecular formula is C21H32O3. The first kappa shape index (κ1) is 16.8. The summed E-state index contributed by atoms with van der Waals surface area (Å²) in [4.78, 5) is 12.3. The number of carbonyl (C=O) groups is 1. The van der Waals surface area contributed by atoms with Gasteiger partial charge in [0.1, 0.15) is 6.61 Å². The summed E-state index contributed by atoms with van der Waals surface area (Å²) in [7, 11) is 0. The van der Waals surface area contributed by atoms with Gasteiger partial charge in [-0.25, -0.2) is 0 Å². The van der Waals surface area contributed by atoms with E-state index in [1.807, 2.05) is 0 Å². The quantitative estimate of drug-likeness (QED) is 0.761. The Morgan fingerprint density at radius 3 is 2.71 bits per heavy atom. The Balaban J connectivity index is 1.64. The molecule has 3 fully saturated rings. The maximum absolute atomic E-state index is 12.3. The van der Waals surface area contributed by atoms with Gasteiger partial charge in [0.05, 0.1) is 6.10 Å². The molecule has 0 heterocycles. The molecule has 5 unspecified atom stereocenters. The molecule has 24 heavy (non-hydrogen) atoms. The molecular weight excluding hydrogens is 300 g/mol. The van der Waals surface area contributed by atoms with Gasteiger partial charge in [-0.1, -0.05) is 25.5 Å². The fourth-order valence-corrected chi connectivity index (χ4v) is 7.28. The van der Waals surface area contributed by atoms with Crippen LogP contribution in [-0.4, -0.2) is 28.7 Å². The van der Waals surface area contributed by atoms with Crippen LogP contribution in [0.3, 0.4) is 0 Å². The minimum Gasteiger partial charge on any atom is -0.393 e. The maximum atomic E-state index is 12.3. The van der Waals surface area contributed by atoms with Crippen molar-refractivity contribution in [3.05, 3.63) is 11.6 Å². The summed E-state index contributed by atoms with van der Waals surface area (Å²) in [5, 5.41) is 19.4. The summed E-state index contributed by atoms with van der Waals surface area (Å²) in [6, 6.07) is 0. The Morgan fingerprint density at radius 2 is 1.96 bits per heavy atom. The molecule has 4 aliphatic carbocycles. The van der Waals surface area contributed by atoms with Crippen LogP contribution in [0.25, 0.3) is 0 Å². The van der Waals surface area contributed by atoms with Crippen LogP contribution in [0.1, 0.15) is 65.2 Å². The summed E-state index contributed by atoms with van der Waals surface area (Å²) in [6.45, 7) is 4.47. The third kappa shape index (κ3) is 2.20. The molecule has 7 atom stereocenters. The van der Waals surface area contributed by atoms with E-state index in [2.05, 4.69) is 19.9 Å². The predicted octanol–water partition coefficient (Wildman–Crippen LogP) is 3.49.